The fourth-order valence-corrected chi connectivity index (χ4v) is 3.45. The number of nitrogens with zero attached hydrogens (tertiary/aromatic N) is 2. The molecule has 2 aromatic carbocycles. The van der Waals surface area contributed by atoms with Gasteiger partial charge in [0.2, 0.25) is 11.8 Å². The zero-order valence-electron chi connectivity index (χ0n) is 15.0. The van der Waals surface area contributed by atoms with Crippen LogP contribution < -0.4 is 10.6 Å². The molecule has 1 aromatic heterocycles. The third kappa shape index (κ3) is 3.16. The van der Waals surface area contributed by atoms with Crippen molar-refractivity contribution < 1.29 is 14.0 Å². The monoisotopic (exact) mass is 366 g/mol. The molecular weight excluding hydrogens is 347 g/mol. The molecule has 0 saturated heterocycles. The number of benzene rings is 2. The molecule has 1 atom stereocenters. The summed E-state index contributed by atoms with van der Waals surface area (Å²) in [5.74, 6) is -0.768. The molecule has 1 aliphatic rings. The third-order valence-electron chi connectivity index (χ3n) is 5.00. The topological polar surface area (TPSA) is 76.0 Å². The van der Waals surface area contributed by atoms with E-state index >= 15 is 0 Å². The van der Waals surface area contributed by atoms with E-state index in [4.69, 9.17) is 0 Å². The van der Waals surface area contributed by atoms with Gasteiger partial charge in [-0.05, 0) is 48.4 Å². The summed E-state index contributed by atoms with van der Waals surface area (Å²) in [6, 6.07) is 9.90. The lowest BCUT2D eigenvalue weighted by Crippen LogP contribution is -2.34. The normalized spacial score (nSPS) is 16.1. The Morgan fingerprint density at radius 1 is 1.33 bits per heavy atom. The summed E-state index contributed by atoms with van der Waals surface area (Å²) in [4.78, 5) is 29.1. The fraction of sp³-hybridized carbons (Fsp3) is 0.250. The van der Waals surface area contributed by atoms with Crippen LogP contribution in [0.4, 0.5) is 10.1 Å². The van der Waals surface area contributed by atoms with E-state index in [2.05, 4.69) is 15.6 Å². The van der Waals surface area contributed by atoms with Gasteiger partial charge in [-0.15, -0.1) is 0 Å². The molecule has 2 N–H and O–H groups in total. The van der Waals surface area contributed by atoms with Crippen LogP contribution in [0.1, 0.15) is 29.3 Å². The Balaban J connectivity index is 1.53. The second-order valence-electron chi connectivity index (χ2n) is 6.80. The summed E-state index contributed by atoms with van der Waals surface area (Å²) in [7, 11) is 1.96. The van der Waals surface area contributed by atoms with Gasteiger partial charge in [-0.3, -0.25) is 9.59 Å². The summed E-state index contributed by atoms with van der Waals surface area (Å²) in [5, 5.41) is 5.54. The zero-order chi connectivity index (χ0) is 19.1. The number of hydrogen-bond acceptors (Lipinski definition) is 3. The van der Waals surface area contributed by atoms with Gasteiger partial charge in [-0.1, -0.05) is 6.07 Å². The zero-order valence-corrected chi connectivity index (χ0v) is 15.0. The van der Waals surface area contributed by atoms with Crippen LogP contribution in [0.3, 0.4) is 0 Å². The number of nitrogens with one attached hydrogen (secondary N) is 2. The van der Waals surface area contributed by atoms with E-state index in [9.17, 15) is 14.0 Å². The van der Waals surface area contributed by atoms with Crippen molar-refractivity contribution in [3.05, 3.63) is 59.2 Å². The van der Waals surface area contributed by atoms with E-state index < -0.39 is 11.7 Å². The first-order valence-corrected chi connectivity index (χ1v) is 8.71. The highest BCUT2D eigenvalue weighted by atomic mass is 19.1. The van der Waals surface area contributed by atoms with Gasteiger partial charge < -0.3 is 15.2 Å². The summed E-state index contributed by atoms with van der Waals surface area (Å²) >= 11 is 0. The van der Waals surface area contributed by atoms with Crippen LogP contribution in [-0.4, -0.2) is 21.4 Å². The number of halogens is 1. The smallest absolute Gasteiger partial charge is 0.228 e. The lowest BCUT2D eigenvalue weighted by Gasteiger charge is -2.25. The fourth-order valence-electron chi connectivity index (χ4n) is 3.45. The van der Waals surface area contributed by atoms with E-state index in [0.29, 0.717) is 17.8 Å². The standard InChI is InChI=1S/C20H19FN4O2/c1-11-23-17-7-12(3-6-18(17)25(11)2)10-22-20(27)15-9-19(26)24-16-5-4-13(21)8-14(15)16/h3-8,15H,9-10H2,1-2H3,(H,22,27)(H,24,26). The molecule has 0 radical (unpaired) electrons. The Hall–Kier alpha value is -3.22. The minimum Gasteiger partial charge on any atom is -0.351 e. The first-order chi connectivity index (χ1) is 12.9. The summed E-state index contributed by atoms with van der Waals surface area (Å²) in [6.07, 6.45) is 0.000751. The SMILES string of the molecule is Cc1nc2cc(CNC(=O)C3CC(=O)Nc4ccc(F)cc43)ccc2n1C. The van der Waals surface area contributed by atoms with E-state index in [1.165, 1.54) is 18.2 Å². The van der Waals surface area contributed by atoms with Crippen LogP contribution in [0.15, 0.2) is 36.4 Å². The lowest BCUT2D eigenvalue weighted by molar-refractivity contribution is -0.126. The molecule has 0 bridgehead atoms. The van der Waals surface area contributed by atoms with Crippen LogP contribution in [0.5, 0.6) is 0 Å². The average molecular weight is 366 g/mol. The third-order valence-corrected chi connectivity index (χ3v) is 5.00. The molecule has 6 nitrogen and oxygen atoms in total. The van der Waals surface area contributed by atoms with Crippen molar-refractivity contribution in [2.75, 3.05) is 5.32 Å². The van der Waals surface area contributed by atoms with Crippen molar-refractivity contribution in [3.63, 3.8) is 0 Å². The number of carbonyl (C=O) groups is 2. The van der Waals surface area contributed by atoms with Crippen LogP contribution in [-0.2, 0) is 23.2 Å². The number of hydrogen-bond donors (Lipinski definition) is 2. The Kier molecular flexibility index (Phi) is 4.14. The number of imidazole rings is 1. The number of aryl methyl sites for hydroxylation is 2. The molecule has 0 fully saturated rings. The molecule has 0 aliphatic carbocycles. The second-order valence-corrected chi connectivity index (χ2v) is 6.80. The van der Waals surface area contributed by atoms with Crippen molar-refractivity contribution >= 4 is 28.5 Å². The molecule has 0 spiro atoms. The largest absolute Gasteiger partial charge is 0.351 e. The predicted molar refractivity (Wildman–Crippen MR) is 99.7 cm³/mol. The van der Waals surface area contributed by atoms with Gasteiger partial charge in [0.25, 0.3) is 0 Å². The molecule has 0 saturated carbocycles. The Morgan fingerprint density at radius 3 is 2.96 bits per heavy atom. The summed E-state index contributed by atoms with van der Waals surface area (Å²) in [6.45, 7) is 2.25. The van der Waals surface area contributed by atoms with Crippen molar-refractivity contribution in [1.82, 2.24) is 14.9 Å². The molecule has 1 aliphatic heterocycles. The maximum Gasteiger partial charge on any atom is 0.228 e. The minimum absolute atomic E-state index is 0.000751. The summed E-state index contributed by atoms with van der Waals surface area (Å²) in [5.41, 5.74) is 3.79. The summed E-state index contributed by atoms with van der Waals surface area (Å²) < 4.78 is 15.6. The van der Waals surface area contributed by atoms with E-state index in [-0.39, 0.29) is 18.2 Å². The van der Waals surface area contributed by atoms with E-state index in [1.54, 1.807) is 0 Å². The molecule has 2 amide bonds. The highest BCUT2D eigenvalue weighted by molar-refractivity contribution is 6.01. The van der Waals surface area contributed by atoms with Crippen molar-refractivity contribution in [1.29, 1.82) is 0 Å². The molecule has 1 unspecified atom stereocenters. The molecule has 3 aromatic rings. The number of fused-ring (bicyclic) bond motifs is 2. The maximum absolute atomic E-state index is 13.6. The van der Waals surface area contributed by atoms with E-state index in [1.807, 2.05) is 36.7 Å². The van der Waals surface area contributed by atoms with E-state index in [0.717, 1.165) is 22.4 Å². The van der Waals surface area contributed by atoms with Crippen LogP contribution >= 0.6 is 0 Å². The van der Waals surface area contributed by atoms with Gasteiger partial charge in [0.1, 0.15) is 11.6 Å². The van der Waals surface area contributed by atoms with Gasteiger partial charge in [0.15, 0.2) is 0 Å². The second kappa shape index (κ2) is 6.50. The first kappa shape index (κ1) is 17.2. The Bertz CT molecular complexity index is 1070. The Morgan fingerprint density at radius 2 is 2.15 bits per heavy atom. The minimum atomic E-state index is -0.703. The molecule has 7 heteroatoms. The highest BCUT2D eigenvalue weighted by Crippen LogP contribution is 2.33. The van der Waals surface area contributed by atoms with Crippen molar-refractivity contribution in [2.24, 2.45) is 7.05 Å². The molecule has 4 rings (SSSR count). The Labute approximate surface area is 155 Å². The number of amides is 2. The number of rotatable bonds is 3. The molecule has 27 heavy (non-hydrogen) atoms. The number of carbonyl (C=O) groups excluding carboxylic acids is 2. The number of anilines is 1. The van der Waals surface area contributed by atoms with Crippen molar-refractivity contribution in [3.8, 4) is 0 Å². The van der Waals surface area contributed by atoms with Gasteiger partial charge in [0.05, 0.1) is 17.0 Å². The van der Waals surface area contributed by atoms with Gasteiger partial charge >= 0.3 is 0 Å². The van der Waals surface area contributed by atoms with Crippen molar-refractivity contribution in [2.45, 2.75) is 25.8 Å². The van der Waals surface area contributed by atoms with Crippen LogP contribution in [0.25, 0.3) is 11.0 Å². The molecule has 2 heterocycles. The quantitative estimate of drug-likeness (QED) is 0.748. The number of aromatic nitrogens is 2. The average Bonchev–Trinajstić information content (AvgIpc) is 2.93. The molecular formula is C20H19FN4O2. The first-order valence-electron chi connectivity index (χ1n) is 8.71. The predicted octanol–water partition coefficient (Wildman–Crippen LogP) is 2.76. The maximum atomic E-state index is 13.6. The van der Waals surface area contributed by atoms with Gasteiger partial charge in [0, 0.05) is 25.7 Å². The highest BCUT2D eigenvalue weighted by Gasteiger charge is 2.30. The molecule has 138 valence electrons. The van der Waals surface area contributed by atoms with Crippen LogP contribution in [0, 0.1) is 12.7 Å². The van der Waals surface area contributed by atoms with Gasteiger partial charge in [-0.25, -0.2) is 9.37 Å². The lowest BCUT2D eigenvalue weighted by atomic mass is 9.89. The van der Waals surface area contributed by atoms with Gasteiger partial charge in [-0.2, -0.15) is 0 Å². The van der Waals surface area contributed by atoms with Crippen LogP contribution in [0.2, 0.25) is 0 Å².